The van der Waals surface area contributed by atoms with Gasteiger partial charge in [0.25, 0.3) is 0 Å². The van der Waals surface area contributed by atoms with Crippen LogP contribution in [0.2, 0.25) is 0 Å². The number of hydrogen-bond acceptors (Lipinski definition) is 3. The normalized spacial score (nSPS) is 18.2. The highest BCUT2D eigenvalue weighted by atomic mass is 16.2. The van der Waals surface area contributed by atoms with Crippen molar-refractivity contribution in [2.75, 3.05) is 13.1 Å². The Morgan fingerprint density at radius 3 is 2.31 bits per heavy atom. The number of nitrogens with zero attached hydrogens (tertiary/aromatic N) is 1. The van der Waals surface area contributed by atoms with Crippen LogP contribution < -0.4 is 5.32 Å². The number of carbonyl (C=O) groups excluding carboxylic acids is 2. The van der Waals surface area contributed by atoms with Gasteiger partial charge in [-0.25, -0.2) is 0 Å². The standard InChI is InChI=1S/C12H22N2O2/c1-3-5-10(13-8-4-2)9-14-11(15)6-7-12(14)16/h10,13H,3-9H2,1-2H3. The molecule has 4 heteroatoms. The van der Waals surface area contributed by atoms with Gasteiger partial charge >= 0.3 is 0 Å². The maximum atomic E-state index is 11.5. The molecule has 0 aliphatic carbocycles. The van der Waals surface area contributed by atoms with Crippen molar-refractivity contribution in [1.82, 2.24) is 10.2 Å². The lowest BCUT2D eigenvalue weighted by molar-refractivity contribution is -0.138. The van der Waals surface area contributed by atoms with Gasteiger partial charge in [-0.3, -0.25) is 14.5 Å². The minimum atomic E-state index is -0.00981. The number of hydrogen-bond donors (Lipinski definition) is 1. The molecular formula is C12H22N2O2. The average Bonchev–Trinajstić information content (AvgIpc) is 2.57. The number of rotatable bonds is 7. The second-order valence-corrected chi connectivity index (χ2v) is 4.34. The van der Waals surface area contributed by atoms with Crippen molar-refractivity contribution in [3.63, 3.8) is 0 Å². The molecule has 0 aromatic rings. The van der Waals surface area contributed by atoms with E-state index in [1.165, 1.54) is 4.90 Å². The third kappa shape index (κ3) is 3.59. The molecule has 1 saturated heterocycles. The van der Waals surface area contributed by atoms with Crippen LogP contribution in [-0.4, -0.2) is 35.8 Å². The van der Waals surface area contributed by atoms with Crippen LogP contribution in [0.4, 0.5) is 0 Å². The van der Waals surface area contributed by atoms with Gasteiger partial charge in [0.15, 0.2) is 0 Å². The molecule has 16 heavy (non-hydrogen) atoms. The largest absolute Gasteiger partial charge is 0.312 e. The van der Waals surface area contributed by atoms with Crippen LogP contribution in [0.25, 0.3) is 0 Å². The molecule has 1 unspecified atom stereocenters. The van der Waals surface area contributed by atoms with E-state index in [1.807, 2.05) is 0 Å². The second-order valence-electron chi connectivity index (χ2n) is 4.34. The fraction of sp³-hybridized carbons (Fsp3) is 0.833. The number of nitrogens with one attached hydrogen (secondary N) is 1. The summed E-state index contributed by atoms with van der Waals surface area (Å²) in [5.74, 6) is -0.0196. The van der Waals surface area contributed by atoms with Gasteiger partial charge in [-0.05, 0) is 19.4 Å². The fourth-order valence-corrected chi connectivity index (χ4v) is 2.00. The van der Waals surface area contributed by atoms with Gasteiger partial charge in [0.2, 0.25) is 11.8 Å². The summed E-state index contributed by atoms with van der Waals surface area (Å²) in [6.45, 7) is 5.73. The molecule has 1 heterocycles. The van der Waals surface area contributed by atoms with Gasteiger partial charge in [-0.2, -0.15) is 0 Å². The summed E-state index contributed by atoms with van der Waals surface area (Å²) >= 11 is 0. The van der Waals surface area contributed by atoms with E-state index in [-0.39, 0.29) is 17.9 Å². The Labute approximate surface area is 97.4 Å². The molecule has 0 saturated carbocycles. The molecular weight excluding hydrogens is 204 g/mol. The molecule has 1 fully saturated rings. The predicted octanol–water partition coefficient (Wildman–Crippen LogP) is 1.30. The second kappa shape index (κ2) is 6.63. The van der Waals surface area contributed by atoms with Crippen LogP contribution in [0, 0.1) is 0 Å². The number of likely N-dealkylation sites (tertiary alicyclic amines) is 1. The summed E-state index contributed by atoms with van der Waals surface area (Å²) in [5, 5.41) is 3.39. The molecule has 1 aliphatic heterocycles. The van der Waals surface area contributed by atoms with Gasteiger partial charge in [-0.1, -0.05) is 20.3 Å². The van der Waals surface area contributed by atoms with Crippen molar-refractivity contribution in [1.29, 1.82) is 0 Å². The van der Waals surface area contributed by atoms with Gasteiger partial charge in [0.05, 0.1) is 0 Å². The topological polar surface area (TPSA) is 49.4 Å². The third-order valence-electron chi connectivity index (χ3n) is 2.88. The average molecular weight is 226 g/mol. The molecule has 1 N–H and O–H groups in total. The van der Waals surface area contributed by atoms with Crippen molar-refractivity contribution >= 4 is 11.8 Å². The van der Waals surface area contributed by atoms with E-state index < -0.39 is 0 Å². The van der Waals surface area contributed by atoms with E-state index in [4.69, 9.17) is 0 Å². The first kappa shape index (κ1) is 13.2. The van der Waals surface area contributed by atoms with E-state index in [0.29, 0.717) is 19.4 Å². The lowest BCUT2D eigenvalue weighted by Gasteiger charge is -2.23. The van der Waals surface area contributed by atoms with Crippen molar-refractivity contribution in [3.8, 4) is 0 Å². The monoisotopic (exact) mass is 226 g/mol. The lowest BCUT2D eigenvalue weighted by atomic mass is 10.1. The quantitative estimate of drug-likeness (QED) is 0.666. The first-order valence-electron chi connectivity index (χ1n) is 6.25. The van der Waals surface area contributed by atoms with Crippen LogP contribution in [0.5, 0.6) is 0 Å². The number of imide groups is 1. The Morgan fingerprint density at radius 2 is 1.81 bits per heavy atom. The van der Waals surface area contributed by atoms with E-state index in [1.54, 1.807) is 0 Å². The fourth-order valence-electron chi connectivity index (χ4n) is 2.00. The summed E-state index contributed by atoms with van der Waals surface area (Å²) in [6.07, 6.45) is 3.94. The Morgan fingerprint density at radius 1 is 1.19 bits per heavy atom. The van der Waals surface area contributed by atoms with Crippen molar-refractivity contribution in [2.24, 2.45) is 0 Å². The molecule has 0 radical (unpaired) electrons. The number of carbonyl (C=O) groups is 2. The smallest absolute Gasteiger partial charge is 0.229 e. The van der Waals surface area contributed by atoms with Gasteiger partial charge in [0, 0.05) is 25.4 Å². The van der Waals surface area contributed by atoms with Crippen molar-refractivity contribution in [2.45, 2.75) is 52.0 Å². The highest BCUT2D eigenvalue weighted by Gasteiger charge is 2.30. The molecule has 0 aromatic carbocycles. The Hall–Kier alpha value is -0.900. The highest BCUT2D eigenvalue weighted by molar-refractivity contribution is 6.01. The SMILES string of the molecule is CCCNC(CCC)CN1C(=O)CCC1=O. The van der Waals surface area contributed by atoms with Crippen molar-refractivity contribution < 1.29 is 9.59 Å². The Kier molecular flexibility index (Phi) is 5.46. The molecule has 0 aromatic heterocycles. The van der Waals surface area contributed by atoms with E-state index in [2.05, 4.69) is 19.2 Å². The minimum Gasteiger partial charge on any atom is -0.312 e. The van der Waals surface area contributed by atoms with Gasteiger partial charge in [-0.15, -0.1) is 0 Å². The lowest BCUT2D eigenvalue weighted by Crippen LogP contribution is -2.43. The molecule has 2 amide bonds. The van der Waals surface area contributed by atoms with E-state index >= 15 is 0 Å². The van der Waals surface area contributed by atoms with Crippen LogP contribution >= 0.6 is 0 Å². The molecule has 0 spiro atoms. The number of amides is 2. The first-order chi connectivity index (χ1) is 7.69. The Bertz CT molecular complexity index is 237. The first-order valence-corrected chi connectivity index (χ1v) is 6.25. The molecule has 1 atom stereocenters. The van der Waals surface area contributed by atoms with E-state index in [9.17, 15) is 9.59 Å². The zero-order chi connectivity index (χ0) is 12.0. The molecule has 0 bridgehead atoms. The maximum absolute atomic E-state index is 11.5. The van der Waals surface area contributed by atoms with Crippen molar-refractivity contribution in [3.05, 3.63) is 0 Å². The Balaban J connectivity index is 2.46. The summed E-state index contributed by atoms with van der Waals surface area (Å²) < 4.78 is 0. The zero-order valence-corrected chi connectivity index (χ0v) is 10.3. The van der Waals surface area contributed by atoms with Crippen LogP contribution in [0.15, 0.2) is 0 Å². The highest BCUT2D eigenvalue weighted by Crippen LogP contribution is 2.13. The van der Waals surface area contributed by atoms with Crippen LogP contribution in [0.3, 0.4) is 0 Å². The summed E-state index contributed by atoms with van der Waals surface area (Å²) in [5.41, 5.74) is 0. The summed E-state index contributed by atoms with van der Waals surface area (Å²) in [4.78, 5) is 24.4. The summed E-state index contributed by atoms with van der Waals surface area (Å²) in [6, 6.07) is 0.260. The molecule has 1 aliphatic rings. The molecule has 92 valence electrons. The molecule has 4 nitrogen and oxygen atoms in total. The predicted molar refractivity (Wildman–Crippen MR) is 62.9 cm³/mol. The van der Waals surface area contributed by atoms with Gasteiger partial charge in [0.1, 0.15) is 0 Å². The zero-order valence-electron chi connectivity index (χ0n) is 10.3. The van der Waals surface area contributed by atoms with Crippen LogP contribution in [0.1, 0.15) is 46.0 Å². The van der Waals surface area contributed by atoms with Crippen LogP contribution in [-0.2, 0) is 9.59 Å². The maximum Gasteiger partial charge on any atom is 0.229 e. The molecule has 1 rings (SSSR count). The summed E-state index contributed by atoms with van der Waals surface area (Å²) in [7, 11) is 0. The minimum absolute atomic E-state index is 0.00981. The van der Waals surface area contributed by atoms with E-state index in [0.717, 1.165) is 25.8 Å². The van der Waals surface area contributed by atoms with Gasteiger partial charge < -0.3 is 5.32 Å². The third-order valence-corrected chi connectivity index (χ3v) is 2.88.